The number of carbonyl (C=O) groups is 1. The zero-order valence-electron chi connectivity index (χ0n) is 13.1. The van der Waals surface area contributed by atoms with E-state index in [1.54, 1.807) is 11.9 Å². The average Bonchev–Trinajstić information content (AvgIpc) is 2.90. The molecule has 1 aromatic heterocycles. The molecule has 3 rings (SSSR count). The lowest BCUT2D eigenvalue weighted by atomic mass is 10.1. The number of aromatic nitrogens is 2. The van der Waals surface area contributed by atoms with Crippen molar-refractivity contribution in [1.82, 2.24) is 9.55 Å². The quantitative estimate of drug-likeness (QED) is 0.742. The van der Waals surface area contributed by atoms with Crippen LogP contribution in [0.2, 0.25) is 0 Å². The topological polar surface area (TPSA) is 38.1 Å². The first-order valence-corrected chi connectivity index (χ1v) is 7.40. The number of nitrogens with zero attached hydrogens (tertiary/aromatic N) is 3. The molecule has 0 saturated heterocycles. The molecule has 0 fully saturated rings. The van der Waals surface area contributed by atoms with Gasteiger partial charge in [0.25, 0.3) is 5.91 Å². The maximum atomic E-state index is 12.6. The SMILES string of the molecule is CCc1nc2cc(C(=O)N(C)c3ccccc3)ccc2n1C. The summed E-state index contributed by atoms with van der Waals surface area (Å²) in [5.74, 6) is 0.993. The van der Waals surface area contributed by atoms with Crippen LogP contribution in [0.25, 0.3) is 11.0 Å². The van der Waals surface area contributed by atoms with E-state index < -0.39 is 0 Å². The van der Waals surface area contributed by atoms with Crippen LogP contribution in [0.3, 0.4) is 0 Å². The number of anilines is 1. The van der Waals surface area contributed by atoms with Crippen LogP contribution in [0.1, 0.15) is 23.1 Å². The minimum Gasteiger partial charge on any atom is -0.331 e. The van der Waals surface area contributed by atoms with Crippen LogP contribution in [0.15, 0.2) is 48.5 Å². The Hall–Kier alpha value is -2.62. The second-order valence-corrected chi connectivity index (χ2v) is 5.34. The van der Waals surface area contributed by atoms with Gasteiger partial charge in [-0.2, -0.15) is 0 Å². The highest BCUT2D eigenvalue weighted by Gasteiger charge is 2.15. The molecule has 0 unspecified atom stereocenters. The first kappa shape index (κ1) is 14.3. The number of amides is 1. The Labute approximate surface area is 130 Å². The summed E-state index contributed by atoms with van der Waals surface area (Å²) in [4.78, 5) is 18.9. The molecular weight excluding hydrogens is 274 g/mol. The van der Waals surface area contributed by atoms with E-state index in [1.807, 2.05) is 55.6 Å². The standard InChI is InChI=1S/C18H19N3O/c1-4-17-19-15-12-13(10-11-16(15)21(17)3)18(22)20(2)14-8-6-5-7-9-14/h5-12H,4H2,1-3H3. The largest absolute Gasteiger partial charge is 0.331 e. The summed E-state index contributed by atoms with van der Waals surface area (Å²) in [7, 11) is 3.80. The molecule has 112 valence electrons. The molecule has 0 atom stereocenters. The van der Waals surface area contributed by atoms with E-state index in [9.17, 15) is 4.79 Å². The van der Waals surface area contributed by atoms with Crippen molar-refractivity contribution in [3.63, 3.8) is 0 Å². The van der Waals surface area contributed by atoms with E-state index in [0.29, 0.717) is 5.56 Å². The number of rotatable bonds is 3. The molecule has 0 aliphatic heterocycles. The Morgan fingerprint density at radius 3 is 2.59 bits per heavy atom. The summed E-state index contributed by atoms with van der Waals surface area (Å²) in [6.45, 7) is 2.08. The molecule has 4 heteroatoms. The fraction of sp³-hybridized carbons (Fsp3) is 0.222. The highest BCUT2D eigenvalue weighted by atomic mass is 16.2. The molecule has 0 radical (unpaired) electrons. The maximum absolute atomic E-state index is 12.6. The average molecular weight is 293 g/mol. The lowest BCUT2D eigenvalue weighted by Crippen LogP contribution is -2.26. The lowest BCUT2D eigenvalue weighted by Gasteiger charge is -2.17. The summed E-state index contributed by atoms with van der Waals surface area (Å²) < 4.78 is 2.07. The molecule has 22 heavy (non-hydrogen) atoms. The summed E-state index contributed by atoms with van der Waals surface area (Å²) in [6.07, 6.45) is 0.873. The van der Waals surface area contributed by atoms with Gasteiger partial charge in [0.05, 0.1) is 11.0 Å². The van der Waals surface area contributed by atoms with Gasteiger partial charge in [-0.05, 0) is 30.3 Å². The van der Waals surface area contributed by atoms with Gasteiger partial charge in [-0.1, -0.05) is 25.1 Å². The third kappa shape index (κ3) is 2.37. The number of hydrogen-bond acceptors (Lipinski definition) is 2. The van der Waals surface area contributed by atoms with Gasteiger partial charge < -0.3 is 9.47 Å². The lowest BCUT2D eigenvalue weighted by molar-refractivity contribution is 0.0993. The molecule has 3 aromatic rings. The predicted molar refractivity (Wildman–Crippen MR) is 89.3 cm³/mol. The van der Waals surface area contributed by atoms with E-state index in [4.69, 9.17) is 0 Å². The molecule has 0 bridgehead atoms. The molecule has 1 amide bonds. The van der Waals surface area contributed by atoms with Crippen LogP contribution < -0.4 is 4.90 Å². The van der Waals surface area contributed by atoms with Crippen molar-refractivity contribution in [2.45, 2.75) is 13.3 Å². The van der Waals surface area contributed by atoms with Crippen LogP contribution in [0.5, 0.6) is 0 Å². The first-order valence-electron chi connectivity index (χ1n) is 7.40. The molecule has 0 N–H and O–H groups in total. The second-order valence-electron chi connectivity index (χ2n) is 5.34. The molecular formula is C18H19N3O. The van der Waals surface area contributed by atoms with Crippen LogP contribution in [0.4, 0.5) is 5.69 Å². The van der Waals surface area contributed by atoms with Crippen molar-refractivity contribution in [3.8, 4) is 0 Å². The Morgan fingerprint density at radius 2 is 1.91 bits per heavy atom. The molecule has 0 spiro atoms. The summed E-state index contributed by atoms with van der Waals surface area (Å²) >= 11 is 0. The van der Waals surface area contributed by atoms with Crippen molar-refractivity contribution >= 4 is 22.6 Å². The Morgan fingerprint density at radius 1 is 1.18 bits per heavy atom. The van der Waals surface area contributed by atoms with Gasteiger partial charge in [0.1, 0.15) is 5.82 Å². The van der Waals surface area contributed by atoms with E-state index in [2.05, 4.69) is 16.5 Å². The smallest absolute Gasteiger partial charge is 0.258 e. The Kier molecular flexibility index (Phi) is 3.67. The fourth-order valence-corrected chi connectivity index (χ4v) is 2.66. The van der Waals surface area contributed by atoms with E-state index >= 15 is 0 Å². The second kappa shape index (κ2) is 5.64. The summed E-state index contributed by atoms with van der Waals surface area (Å²) in [6, 6.07) is 15.3. The Balaban J connectivity index is 1.98. The number of carbonyl (C=O) groups excluding carboxylic acids is 1. The Bertz CT molecular complexity index is 821. The van der Waals surface area contributed by atoms with Crippen molar-refractivity contribution < 1.29 is 4.79 Å². The molecule has 2 aromatic carbocycles. The van der Waals surface area contributed by atoms with Crippen molar-refractivity contribution in [2.75, 3.05) is 11.9 Å². The molecule has 0 aliphatic rings. The van der Waals surface area contributed by atoms with Crippen LogP contribution in [-0.4, -0.2) is 22.5 Å². The third-order valence-electron chi connectivity index (χ3n) is 3.98. The van der Waals surface area contributed by atoms with Crippen molar-refractivity contribution in [1.29, 1.82) is 0 Å². The summed E-state index contributed by atoms with van der Waals surface area (Å²) in [5, 5.41) is 0. The number of benzene rings is 2. The molecule has 4 nitrogen and oxygen atoms in total. The molecule has 1 heterocycles. The van der Waals surface area contributed by atoms with Crippen LogP contribution in [-0.2, 0) is 13.5 Å². The van der Waals surface area contributed by atoms with E-state index in [0.717, 1.165) is 29.0 Å². The number of imidazole rings is 1. The predicted octanol–water partition coefficient (Wildman–Crippen LogP) is 3.41. The van der Waals surface area contributed by atoms with Gasteiger partial charge in [-0.15, -0.1) is 0 Å². The van der Waals surface area contributed by atoms with Gasteiger partial charge in [0.15, 0.2) is 0 Å². The molecule has 0 saturated carbocycles. The van der Waals surface area contributed by atoms with Gasteiger partial charge in [0, 0.05) is 31.8 Å². The highest BCUT2D eigenvalue weighted by Crippen LogP contribution is 2.20. The van der Waals surface area contributed by atoms with Crippen LogP contribution >= 0.6 is 0 Å². The van der Waals surface area contributed by atoms with Gasteiger partial charge >= 0.3 is 0 Å². The first-order chi connectivity index (χ1) is 10.6. The zero-order chi connectivity index (χ0) is 15.7. The zero-order valence-corrected chi connectivity index (χ0v) is 13.1. The minimum absolute atomic E-state index is 0.0307. The molecule has 0 aliphatic carbocycles. The van der Waals surface area contributed by atoms with Gasteiger partial charge in [-0.3, -0.25) is 4.79 Å². The minimum atomic E-state index is -0.0307. The van der Waals surface area contributed by atoms with Gasteiger partial charge in [0.2, 0.25) is 0 Å². The van der Waals surface area contributed by atoms with Crippen LogP contribution in [0, 0.1) is 0 Å². The highest BCUT2D eigenvalue weighted by molar-refractivity contribution is 6.07. The monoisotopic (exact) mass is 293 g/mol. The van der Waals surface area contributed by atoms with Crippen molar-refractivity contribution in [3.05, 3.63) is 59.9 Å². The van der Waals surface area contributed by atoms with E-state index in [1.165, 1.54) is 0 Å². The van der Waals surface area contributed by atoms with Crippen molar-refractivity contribution in [2.24, 2.45) is 7.05 Å². The fourth-order valence-electron chi connectivity index (χ4n) is 2.66. The number of para-hydroxylation sites is 1. The van der Waals surface area contributed by atoms with Gasteiger partial charge in [-0.25, -0.2) is 4.98 Å². The normalized spacial score (nSPS) is 10.9. The van der Waals surface area contributed by atoms with E-state index in [-0.39, 0.29) is 5.91 Å². The third-order valence-corrected chi connectivity index (χ3v) is 3.98. The maximum Gasteiger partial charge on any atom is 0.258 e. The number of aryl methyl sites for hydroxylation is 2. The summed E-state index contributed by atoms with van der Waals surface area (Å²) in [5.41, 5.74) is 3.45. The number of fused-ring (bicyclic) bond motifs is 1. The number of hydrogen-bond donors (Lipinski definition) is 0.